The van der Waals surface area contributed by atoms with Gasteiger partial charge in [0.15, 0.2) is 0 Å². The lowest BCUT2D eigenvalue weighted by Crippen LogP contribution is -2.26. The summed E-state index contributed by atoms with van der Waals surface area (Å²) in [6, 6.07) is 9.62. The average Bonchev–Trinajstić information content (AvgIpc) is 3.04. The van der Waals surface area contributed by atoms with Crippen molar-refractivity contribution in [2.24, 2.45) is 0 Å². The molecule has 1 aliphatic rings. The number of rotatable bonds is 8. The van der Waals surface area contributed by atoms with Gasteiger partial charge in [-0.3, -0.25) is 9.59 Å². The molecule has 0 saturated heterocycles. The number of carbonyl (C=O) groups excluding carboxylic acids is 2. The molecular weight excluding hydrogens is 380 g/mol. The minimum Gasteiger partial charge on any atom is -0.480 e. The second-order valence-electron chi connectivity index (χ2n) is 6.52. The molecule has 3 N–H and O–H groups in total. The molecule has 2 amide bonds. The van der Waals surface area contributed by atoms with Crippen molar-refractivity contribution in [2.75, 3.05) is 18.5 Å². The SMILES string of the molecule is O=C(O)COCC(=O)Nc1sc2c(c1C(=O)NCc1ccccc1)CCCC2. The van der Waals surface area contributed by atoms with Gasteiger partial charge >= 0.3 is 5.97 Å². The van der Waals surface area contributed by atoms with E-state index >= 15 is 0 Å². The molecule has 0 spiro atoms. The molecule has 1 aliphatic carbocycles. The number of hydrogen-bond acceptors (Lipinski definition) is 5. The maximum atomic E-state index is 12.9. The van der Waals surface area contributed by atoms with Crippen molar-refractivity contribution in [3.05, 3.63) is 51.9 Å². The molecule has 1 heterocycles. The Hall–Kier alpha value is -2.71. The maximum absolute atomic E-state index is 12.9. The summed E-state index contributed by atoms with van der Waals surface area (Å²) in [5.74, 6) is -1.83. The average molecular weight is 402 g/mol. The summed E-state index contributed by atoms with van der Waals surface area (Å²) in [6.07, 6.45) is 3.78. The number of fused-ring (bicyclic) bond motifs is 1. The molecule has 0 bridgehead atoms. The normalized spacial score (nSPS) is 12.9. The molecule has 1 aromatic carbocycles. The van der Waals surface area contributed by atoms with E-state index in [9.17, 15) is 14.4 Å². The van der Waals surface area contributed by atoms with E-state index in [1.54, 1.807) is 0 Å². The first-order chi connectivity index (χ1) is 13.5. The second-order valence-corrected chi connectivity index (χ2v) is 7.62. The Morgan fingerprint density at radius 3 is 2.57 bits per heavy atom. The number of benzene rings is 1. The van der Waals surface area contributed by atoms with Gasteiger partial charge in [0.2, 0.25) is 0 Å². The Morgan fingerprint density at radius 2 is 1.82 bits per heavy atom. The van der Waals surface area contributed by atoms with Gasteiger partial charge in [0.05, 0.1) is 5.56 Å². The third-order valence-corrected chi connectivity index (χ3v) is 5.61. The third kappa shape index (κ3) is 5.17. The van der Waals surface area contributed by atoms with Gasteiger partial charge in [0, 0.05) is 11.4 Å². The van der Waals surface area contributed by atoms with E-state index in [-0.39, 0.29) is 12.5 Å². The monoisotopic (exact) mass is 402 g/mol. The number of carboxylic acid groups (broad SMARTS) is 1. The maximum Gasteiger partial charge on any atom is 0.329 e. The molecule has 28 heavy (non-hydrogen) atoms. The van der Waals surface area contributed by atoms with Crippen LogP contribution in [0.4, 0.5) is 5.00 Å². The van der Waals surface area contributed by atoms with Crippen LogP contribution in [0.25, 0.3) is 0 Å². The Labute approximate surface area is 166 Å². The fourth-order valence-electron chi connectivity index (χ4n) is 3.15. The molecule has 1 aromatic heterocycles. The summed E-state index contributed by atoms with van der Waals surface area (Å²) in [5, 5.41) is 14.7. The molecule has 7 nitrogen and oxygen atoms in total. The molecule has 0 atom stereocenters. The van der Waals surface area contributed by atoms with Crippen molar-refractivity contribution in [3.63, 3.8) is 0 Å². The standard InChI is InChI=1S/C20H22N2O5S/c23-16(11-27-12-17(24)25)22-20-18(14-8-4-5-9-15(14)28-20)19(26)21-10-13-6-2-1-3-7-13/h1-3,6-7H,4-5,8-12H2,(H,21,26)(H,22,23)(H,24,25). The zero-order valence-corrected chi connectivity index (χ0v) is 16.1. The fraction of sp³-hybridized carbons (Fsp3) is 0.350. The Morgan fingerprint density at radius 1 is 1.07 bits per heavy atom. The molecule has 3 rings (SSSR count). The van der Waals surface area contributed by atoms with Crippen LogP contribution in [0, 0.1) is 0 Å². The van der Waals surface area contributed by atoms with Gasteiger partial charge in [0.1, 0.15) is 18.2 Å². The highest BCUT2D eigenvalue weighted by Crippen LogP contribution is 2.38. The quantitative estimate of drug-likeness (QED) is 0.630. The van der Waals surface area contributed by atoms with E-state index in [2.05, 4.69) is 10.6 Å². The number of nitrogens with one attached hydrogen (secondary N) is 2. The number of carbonyl (C=O) groups is 3. The number of aryl methyl sites for hydroxylation is 1. The van der Waals surface area contributed by atoms with Crippen molar-refractivity contribution >= 4 is 34.1 Å². The van der Waals surface area contributed by atoms with Crippen LogP contribution >= 0.6 is 11.3 Å². The van der Waals surface area contributed by atoms with Gasteiger partial charge in [-0.25, -0.2) is 4.79 Å². The first-order valence-electron chi connectivity index (χ1n) is 9.10. The van der Waals surface area contributed by atoms with E-state index < -0.39 is 18.5 Å². The summed E-state index contributed by atoms with van der Waals surface area (Å²) in [6.45, 7) is -0.516. The summed E-state index contributed by atoms with van der Waals surface area (Å²) in [5.41, 5.74) is 2.51. The zero-order valence-electron chi connectivity index (χ0n) is 15.3. The molecule has 2 aromatic rings. The van der Waals surface area contributed by atoms with E-state index in [0.717, 1.165) is 41.7 Å². The van der Waals surface area contributed by atoms with Crippen LogP contribution in [0.3, 0.4) is 0 Å². The zero-order chi connectivity index (χ0) is 19.9. The Bertz CT molecular complexity index is 863. The highest BCUT2D eigenvalue weighted by atomic mass is 32.1. The molecule has 0 fully saturated rings. The lowest BCUT2D eigenvalue weighted by Gasteiger charge is -2.13. The molecule has 148 valence electrons. The summed E-state index contributed by atoms with van der Waals surface area (Å²) < 4.78 is 4.83. The summed E-state index contributed by atoms with van der Waals surface area (Å²) in [4.78, 5) is 36.6. The van der Waals surface area contributed by atoms with Gasteiger partial charge in [-0.05, 0) is 36.8 Å². The molecule has 8 heteroatoms. The van der Waals surface area contributed by atoms with Gasteiger partial charge in [-0.1, -0.05) is 30.3 Å². The first kappa shape index (κ1) is 20.0. The van der Waals surface area contributed by atoms with Crippen LogP contribution in [0.1, 0.15) is 39.2 Å². The first-order valence-corrected chi connectivity index (χ1v) is 9.92. The number of hydrogen-bond donors (Lipinski definition) is 3. The van der Waals surface area contributed by atoms with Crippen LogP contribution in [-0.4, -0.2) is 36.1 Å². The van der Waals surface area contributed by atoms with Crippen LogP contribution in [-0.2, 0) is 33.7 Å². The van der Waals surface area contributed by atoms with E-state index in [1.165, 1.54) is 11.3 Å². The lowest BCUT2D eigenvalue weighted by molar-refractivity contribution is -0.143. The van der Waals surface area contributed by atoms with E-state index in [4.69, 9.17) is 9.84 Å². The predicted molar refractivity (Wildman–Crippen MR) is 106 cm³/mol. The van der Waals surface area contributed by atoms with E-state index in [1.807, 2.05) is 30.3 Å². The number of carboxylic acids is 1. The van der Waals surface area contributed by atoms with Crippen molar-refractivity contribution in [1.82, 2.24) is 5.32 Å². The molecule has 0 unspecified atom stereocenters. The lowest BCUT2D eigenvalue weighted by atomic mass is 9.95. The number of amides is 2. The summed E-state index contributed by atoms with van der Waals surface area (Å²) >= 11 is 1.42. The van der Waals surface area contributed by atoms with Gasteiger partial charge in [0.25, 0.3) is 11.8 Å². The van der Waals surface area contributed by atoms with Crippen LogP contribution in [0.15, 0.2) is 30.3 Å². The van der Waals surface area contributed by atoms with Gasteiger partial charge in [-0.15, -0.1) is 11.3 Å². The van der Waals surface area contributed by atoms with Crippen molar-refractivity contribution in [2.45, 2.75) is 32.2 Å². The minimum absolute atomic E-state index is 0.218. The number of thiophene rings is 1. The van der Waals surface area contributed by atoms with Crippen molar-refractivity contribution in [3.8, 4) is 0 Å². The van der Waals surface area contributed by atoms with E-state index in [0.29, 0.717) is 17.1 Å². The Balaban J connectivity index is 1.72. The van der Waals surface area contributed by atoms with Crippen molar-refractivity contribution in [1.29, 1.82) is 0 Å². The van der Waals surface area contributed by atoms with Crippen LogP contribution in [0.2, 0.25) is 0 Å². The molecule has 0 radical (unpaired) electrons. The Kier molecular flexibility index (Phi) is 6.78. The topological polar surface area (TPSA) is 105 Å². The van der Waals surface area contributed by atoms with Crippen molar-refractivity contribution < 1.29 is 24.2 Å². The van der Waals surface area contributed by atoms with Gasteiger partial charge < -0.3 is 20.5 Å². The largest absolute Gasteiger partial charge is 0.480 e. The molecule has 0 aliphatic heterocycles. The number of anilines is 1. The fourth-order valence-corrected chi connectivity index (χ4v) is 4.46. The predicted octanol–water partition coefficient (Wildman–Crippen LogP) is 2.60. The smallest absolute Gasteiger partial charge is 0.329 e. The minimum atomic E-state index is -1.14. The van der Waals surface area contributed by atoms with Gasteiger partial charge in [-0.2, -0.15) is 0 Å². The number of ether oxygens (including phenoxy) is 1. The highest BCUT2D eigenvalue weighted by Gasteiger charge is 2.26. The molecular formula is C20H22N2O5S. The molecule has 0 saturated carbocycles. The summed E-state index contributed by atoms with van der Waals surface area (Å²) in [7, 11) is 0. The third-order valence-electron chi connectivity index (χ3n) is 4.41. The highest BCUT2D eigenvalue weighted by molar-refractivity contribution is 7.17. The van der Waals surface area contributed by atoms with Crippen LogP contribution < -0.4 is 10.6 Å². The second kappa shape index (κ2) is 9.48. The number of aliphatic carboxylic acids is 1. The van der Waals surface area contributed by atoms with Crippen LogP contribution in [0.5, 0.6) is 0 Å².